The Labute approximate surface area is 189 Å². The Hall–Kier alpha value is -4.31. The number of thiocarbonyl (C=S) groups is 1. The van der Waals surface area contributed by atoms with Crippen LogP contribution in [0.5, 0.6) is 0 Å². The number of carbonyl (C=O) groups excluding carboxylic acids is 2. The fourth-order valence-corrected chi connectivity index (χ4v) is 2.80. The van der Waals surface area contributed by atoms with E-state index in [4.69, 9.17) is 12.2 Å². The summed E-state index contributed by atoms with van der Waals surface area (Å²) in [6.07, 6.45) is 0. The Morgan fingerprint density at radius 2 is 1.25 bits per heavy atom. The van der Waals surface area contributed by atoms with Crippen molar-refractivity contribution in [2.45, 2.75) is 6.92 Å². The topological polar surface area (TPSA) is 125 Å². The lowest BCUT2D eigenvalue weighted by atomic mass is 10.1. The largest absolute Gasteiger partial charge is 0.331 e. The van der Waals surface area contributed by atoms with E-state index in [1.807, 2.05) is 19.1 Å². The third-order valence-corrected chi connectivity index (χ3v) is 4.55. The molecule has 0 spiro atoms. The fraction of sp³-hybridized carbons (Fsp3) is 0.0455. The third-order valence-electron chi connectivity index (χ3n) is 4.34. The number of amides is 2. The second kappa shape index (κ2) is 10.1. The van der Waals surface area contributed by atoms with E-state index in [1.54, 1.807) is 36.4 Å². The SMILES string of the molecule is Cc1ccc(C(=O)Nc2ccc(C(=O)NNC(=S)Nc3ccc([N+](=O)[O-])cc3)cc2)cc1. The van der Waals surface area contributed by atoms with Crippen LogP contribution in [0.25, 0.3) is 0 Å². The molecule has 32 heavy (non-hydrogen) atoms. The molecule has 162 valence electrons. The molecule has 0 aliphatic rings. The number of nitrogens with one attached hydrogen (secondary N) is 4. The fourth-order valence-electron chi connectivity index (χ4n) is 2.63. The molecule has 2 amide bonds. The molecule has 3 rings (SSSR count). The van der Waals surface area contributed by atoms with E-state index in [-0.39, 0.29) is 16.7 Å². The molecular weight excluding hydrogens is 430 g/mol. The lowest BCUT2D eigenvalue weighted by Gasteiger charge is -2.12. The van der Waals surface area contributed by atoms with Gasteiger partial charge in [0, 0.05) is 34.6 Å². The average Bonchev–Trinajstić information content (AvgIpc) is 2.78. The Balaban J connectivity index is 1.49. The molecule has 0 atom stereocenters. The van der Waals surface area contributed by atoms with Gasteiger partial charge in [0.05, 0.1) is 4.92 Å². The van der Waals surface area contributed by atoms with Gasteiger partial charge in [0.15, 0.2) is 5.11 Å². The lowest BCUT2D eigenvalue weighted by molar-refractivity contribution is -0.384. The van der Waals surface area contributed by atoms with Gasteiger partial charge in [-0.2, -0.15) is 0 Å². The number of hydrazine groups is 1. The molecule has 0 unspecified atom stereocenters. The maximum absolute atomic E-state index is 12.3. The first kappa shape index (κ1) is 22.4. The molecule has 0 aromatic heterocycles. The van der Waals surface area contributed by atoms with Gasteiger partial charge < -0.3 is 10.6 Å². The van der Waals surface area contributed by atoms with Gasteiger partial charge in [-0.3, -0.25) is 30.6 Å². The number of carbonyl (C=O) groups is 2. The number of nitro groups is 1. The van der Waals surface area contributed by atoms with Crippen molar-refractivity contribution in [3.63, 3.8) is 0 Å². The molecule has 0 saturated heterocycles. The van der Waals surface area contributed by atoms with Crippen LogP contribution in [-0.2, 0) is 0 Å². The first-order valence-corrected chi connectivity index (χ1v) is 9.82. The van der Waals surface area contributed by atoms with Gasteiger partial charge in [-0.25, -0.2) is 0 Å². The number of hydrogen-bond acceptors (Lipinski definition) is 5. The summed E-state index contributed by atoms with van der Waals surface area (Å²) in [6, 6.07) is 19.2. The van der Waals surface area contributed by atoms with Crippen LogP contribution in [0.2, 0.25) is 0 Å². The standard InChI is InChI=1S/C22H19N5O4S/c1-14-2-4-15(5-3-14)20(28)23-17-8-6-16(7-9-17)21(29)25-26-22(32)24-18-10-12-19(13-11-18)27(30)31/h2-13H,1H3,(H,23,28)(H,25,29)(H2,24,26,32). The molecule has 0 heterocycles. The van der Waals surface area contributed by atoms with Gasteiger partial charge in [0.1, 0.15) is 0 Å². The van der Waals surface area contributed by atoms with Crippen LogP contribution in [0.3, 0.4) is 0 Å². The normalized spacial score (nSPS) is 10.0. The van der Waals surface area contributed by atoms with Crippen molar-refractivity contribution in [3.05, 3.63) is 99.6 Å². The van der Waals surface area contributed by atoms with Crippen LogP contribution in [0, 0.1) is 17.0 Å². The number of aryl methyl sites for hydroxylation is 1. The highest BCUT2D eigenvalue weighted by atomic mass is 32.1. The number of hydrogen-bond donors (Lipinski definition) is 4. The summed E-state index contributed by atoms with van der Waals surface area (Å²) in [7, 11) is 0. The molecule has 4 N–H and O–H groups in total. The molecule has 3 aromatic rings. The van der Waals surface area contributed by atoms with E-state index in [1.165, 1.54) is 24.3 Å². The van der Waals surface area contributed by atoms with E-state index in [2.05, 4.69) is 21.5 Å². The molecule has 10 heteroatoms. The zero-order valence-electron chi connectivity index (χ0n) is 16.9. The number of nitrogens with zero attached hydrogens (tertiary/aromatic N) is 1. The molecule has 0 radical (unpaired) electrons. The van der Waals surface area contributed by atoms with Crippen molar-refractivity contribution in [1.29, 1.82) is 0 Å². The van der Waals surface area contributed by atoms with Gasteiger partial charge in [-0.15, -0.1) is 0 Å². The predicted molar refractivity (Wildman–Crippen MR) is 125 cm³/mol. The minimum absolute atomic E-state index is 0.0405. The highest BCUT2D eigenvalue weighted by Crippen LogP contribution is 2.15. The van der Waals surface area contributed by atoms with Gasteiger partial charge in [0.25, 0.3) is 17.5 Å². The Kier molecular flexibility index (Phi) is 7.09. The Morgan fingerprint density at radius 3 is 1.84 bits per heavy atom. The summed E-state index contributed by atoms with van der Waals surface area (Å²) >= 11 is 5.09. The van der Waals surface area contributed by atoms with Crippen LogP contribution in [0.4, 0.5) is 17.1 Å². The minimum Gasteiger partial charge on any atom is -0.331 e. The maximum Gasteiger partial charge on any atom is 0.269 e. The molecular formula is C22H19N5O4S. The van der Waals surface area contributed by atoms with Crippen LogP contribution < -0.4 is 21.5 Å². The zero-order valence-corrected chi connectivity index (χ0v) is 17.7. The molecule has 0 aliphatic heterocycles. The predicted octanol–water partition coefficient (Wildman–Crippen LogP) is 3.79. The van der Waals surface area contributed by atoms with Crippen LogP contribution >= 0.6 is 12.2 Å². The van der Waals surface area contributed by atoms with Crippen molar-refractivity contribution < 1.29 is 14.5 Å². The van der Waals surface area contributed by atoms with E-state index < -0.39 is 10.8 Å². The molecule has 0 bridgehead atoms. The summed E-state index contributed by atoms with van der Waals surface area (Å²) in [5.74, 6) is -0.680. The quantitative estimate of drug-likeness (QED) is 0.265. The van der Waals surface area contributed by atoms with Crippen LogP contribution in [0.15, 0.2) is 72.8 Å². The smallest absolute Gasteiger partial charge is 0.269 e. The monoisotopic (exact) mass is 449 g/mol. The molecule has 9 nitrogen and oxygen atoms in total. The van der Waals surface area contributed by atoms with E-state index >= 15 is 0 Å². The van der Waals surface area contributed by atoms with E-state index in [9.17, 15) is 19.7 Å². The van der Waals surface area contributed by atoms with Crippen LogP contribution in [-0.4, -0.2) is 21.9 Å². The first-order chi connectivity index (χ1) is 15.3. The zero-order chi connectivity index (χ0) is 23.1. The van der Waals surface area contributed by atoms with Crippen LogP contribution in [0.1, 0.15) is 26.3 Å². The van der Waals surface area contributed by atoms with Crippen molar-refractivity contribution in [2.75, 3.05) is 10.6 Å². The van der Waals surface area contributed by atoms with Gasteiger partial charge in [-0.05, 0) is 67.7 Å². The Morgan fingerprint density at radius 1 is 0.750 bits per heavy atom. The molecule has 0 aliphatic carbocycles. The summed E-state index contributed by atoms with van der Waals surface area (Å²) in [5.41, 5.74) is 7.99. The van der Waals surface area contributed by atoms with Gasteiger partial charge >= 0.3 is 0 Å². The lowest BCUT2D eigenvalue weighted by Crippen LogP contribution is -2.43. The summed E-state index contributed by atoms with van der Waals surface area (Å²) in [5, 5.41) is 16.4. The van der Waals surface area contributed by atoms with E-state index in [0.29, 0.717) is 22.5 Å². The maximum atomic E-state index is 12.3. The molecule has 0 saturated carbocycles. The number of nitro benzene ring substituents is 1. The summed E-state index contributed by atoms with van der Waals surface area (Å²) in [6.45, 7) is 1.94. The van der Waals surface area contributed by atoms with Gasteiger partial charge in [-0.1, -0.05) is 17.7 Å². The highest BCUT2D eigenvalue weighted by Gasteiger charge is 2.09. The third kappa shape index (κ3) is 6.09. The number of rotatable bonds is 5. The second-order valence-electron chi connectivity index (χ2n) is 6.73. The minimum atomic E-state index is -0.500. The van der Waals surface area contributed by atoms with Crippen molar-refractivity contribution in [2.24, 2.45) is 0 Å². The number of non-ortho nitro benzene ring substituents is 1. The van der Waals surface area contributed by atoms with E-state index in [0.717, 1.165) is 5.56 Å². The van der Waals surface area contributed by atoms with Crippen molar-refractivity contribution in [1.82, 2.24) is 10.9 Å². The average molecular weight is 449 g/mol. The summed E-state index contributed by atoms with van der Waals surface area (Å²) in [4.78, 5) is 34.7. The highest BCUT2D eigenvalue weighted by molar-refractivity contribution is 7.80. The molecule has 3 aromatic carbocycles. The Bertz CT molecular complexity index is 1150. The van der Waals surface area contributed by atoms with Crippen molar-refractivity contribution >= 4 is 46.2 Å². The first-order valence-electron chi connectivity index (χ1n) is 9.42. The van der Waals surface area contributed by atoms with Gasteiger partial charge in [0.2, 0.25) is 0 Å². The number of benzene rings is 3. The second-order valence-corrected chi connectivity index (χ2v) is 7.14. The number of anilines is 2. The molecule has 0 fully saturated rings. The summed E-state index contributed by atoms with van der Waals surface area (Å²) < 4.78 is 0. The van der Waals surface area contributed by atoms with Crippen molar-refractivity contribution in [3.8, 4) is 0 Å².